The monoisotopic (exact) mass is 420 g/mol. The van der Waals surface area contributed by atoms with Gasteiger partial charge in [-0.3, -0.25) is 5.10 Å². The highest BCUT2D eigenvalue weighted by molar-refractivity contribution is 7.89. The van der Waals surface area contributed by atoms with Crippen LogP contribution in [0.4, 0.5) is 0 Å². The molecule has 0 aliphatic carbocycles. The van der Waals surface area contributed by atoms with Crippen LogP contribution in [0.2, 0.25) is 5.02 Å². The number of rotatable bonds is 7. The second-order valence-corrected chi connectivity index (χ2v) is 7.64. The third-order valence-electron chi connectivity index (χ3n) is 3.84. The lowest BCUT2D eigenvalue weighted by Gasteiger charge is -2.10. The Balaban J connectivity index is 1.84. The van der Waals surface area contributed by atoms with E-state index in [2.05, 4.69) is 20.1 Å². The molecule has 2 N–H and O–H groups in total. The minimum Gasteiger partial charge on any atom is -0.497 e. The summed E-state index contributed by atoms with van der Waals surface area (Å²) >= 11 is 5.90. The van der Waals surface area contributed by atoms with E-state index in [1.54, 1.807) is 18.2 Å². The zero-order valence-electron chi connectivity index (χ0n) is 15.0. The molecule has 0 aliphatic heterocycles. The van der Waals surface area contributed by atoms with Crippen molar-refractivity contribution >= 4 is 27.8 Å². The Labute approximate surface area is 167 Å². The number of methoxy groups -OCH3 is 2. The van der Waals surface area contributed by atoms with Gasteiger partial charge in [-0.05, 0) is 24.3 Å². The third-order valence-corrected chi connectivity index (χ3v) is 5.33. The Morgan fingerprint density at radius 2 is 1.89 bits per heavy atom. The highest BCUT2D eigenvalue weighted by Gasteiger charge is 2.20. The molecule has 10 heteroatoms. The van der Waals surface area contributed by atoms with Crippen molar-refractivity contribution < 1.29 is 17.9 Å². The molecule has 0 bridgehead atoms. The van der Waals surface area contributed by atoms with Crippen molar-refractivity contribution in [2.45, 2.75) is 4.90 Å². The van der Waals surface area contributed by atoms with Gasteiger partial charge in [-0.25, -0.2) is 0 Å². The van der Waals surface area contributed by atoms with E-state index in [0.29, 0.717) is 22.0 Å². The molecular weight excluding hydrogens is 404 g/mol. The lowest BCUT2D eigenvalue weighted by molar-refractivity contribution is 0.392. The van der Waals surface area contributed by atoms with Crippen LogP contribution in [0.25, 0.3) is 11.3 Å². The standard InChI is InChI=1S/C18H17ClN4O4S/c1-26-15-7-8-16(27-2)17(9-15)28(24,25)23-21-11-13-10-20-22-18(13)12-3-5-14(19)6-4-12/h3-11,23H,1-2H3,(H,20,22)/b21-11+. The number of ether oxygens (including phenoxy) is 2. The zero-order valence-corrected chi connectivity index (χ0v) is 16.6. The average Bonchev–Trinajstić information content (AvgIpc) is 3.16. The molecule has 0 fully saturated rings. The third kappa shape index (κ3) is 4.26. The first-order valence-electron chi connectivity index (χ1n) is 8.01. The van der Waals surface area contributed by atoms with Crippen LogP contribution >= 0.6 is 11.6 Å². The number of aromatic amines is 1. The minimum atomic E-state index is -3.97. The predicted octanol–water partition coefficient (Wildman–Crippen LogP) is 3.06. The molecular formula is C18H17ClN4O4S. The topological polar surface area (TPSA) is 106 Å². The molecule has 0 unspecified atom stereocenters. The lowest BCUT2D eigenvalue weighted by atomic mass is 10.1. The maximum Gasteiger partial charge on any atom is 0.280 e. The van der Waals surface area contributed by atoms with Gasteiger partial charge >= 0.3 is 0 Å². The number of nitrogens with zero attached hydrogens (tertiary/aromatic N) is 2. The summed E-state index contributed by atoms with van der Waals surface area (Å²) in [5.74, 6) is 0.554. The van der Waals surface area contributed by atoms with E-state index in [1.807, 2.05) is 12.1 Å². The van der Waals surface area contributed by atoms with Gasteiger partial charge in [-0.15, -0.1) is 0 Å². The normalized spacial score (nSPS) is 11.5. The molecule has 1 heterocycles. The molecule has 0 saturated heterocycles. The molecule has 1 aromatic heterocycles. The SMILES string of the molecule is COc1ccc(OC)c(S(=O)(=O)N/N=C/c2cn[nH]c2-c2ccc(Cl)cc2)c1. The van der Waals surface area contributed by atoms with Crippen molar-refractivity contribution in [1.29, 1.82) is 0 Å². The maximum atomic E-state index is 12.6. The first-order valence-corrected chi connectivity index (χ1v) is 9.87. The Bertz CT molecular complexity index is 1100. The van der Waals surface area contributed by atoms with Crippen LogP contribution in [0.5, 0.6) is 11.5 Å². The largest absolute Gasteiger partial charge is 0.497 e. The fraction of sp³-hybridized carbons (Fsp3) is 0.111. The van der Waals surface area contributed by atoms with Gasteiger partial charge in [0.15, 0.2) is 0 Å². The summed E-state index contributed by atoms with van der Waals surface area (Å²) in [5, 5.41) is 11.3. The Hall–Kier alpha value is -3.04. The highest BCUT2D eigenvalue weighted by Crippen LogP contribution is 2.28. The maximum absolute atomic E-state index is 12.6. The van der Waals surface area contributed by atoms with Gasteiger partial charge in [-0.1, -0.05) is 23.7 Å². The van der Waals surface area contributed by atoms with Crippen LogP contribution in [-0.4, -0.2) is 39.0 Å². The molecule has 0 saturated carbocycles. The summed E-state index contributed by atoms with van der Waals surface area (Å²) in [6.45, 7) is 0. The molecule has 0 radical (unpaired) electrons. The quantitative estimate of drug-likeness (QED) is 0.451. The van der Waals surface area contributed by atoms with E-state index < -0.39 is 10.0 Å². The van der Waals surface area contributed by atoms with Gasteiger partial charge in [0.05, 0.1) is 32.3 Å². The molecule has 0 spiro atoms. The summed E-state index contributed by atoms with van der Waals surface area (Å²) in [7, 11) is -1.14. The van der Waals surface area contributed by atoms with Crippen molar-refractivity contribution in [2.24, 2.45) is 5.10 Å². The van der Waals surface area contributed by atoms with Crippen LogP contribution in [-0.2, 0) is 10.0 Å². The van der Waals surface area contributed by atoms with Gasteiger partial charge < -0.3 is 9.47 Å². The number of halogens is 1. The smallest absolute Gasteiger partial charge is 0.280 e. The summed E-state index contributed by atoms with van der Waals surface area (Å²) < 4.78 is 35.4. The van der Waals surface area contributed by atoms with Crippen molar-refractivity contribution in [3.8, 4) is 22.8 Å². The molecule has 28 heavy (non-hydrogen) atoms. The Kier molecular flexibility index (Phi) is 5.86. The zero-order chi connectivity index (χ0) is 20.1. The fourth-order valence-corrected chi connectivity index (χ4v) is 3.55. The number of sulfonamides is 1. The molecule has 8 nitrogen and oxygen atoms in total. The number of hydrogen-bond donors (Lipinski definition) is 2. The summed E-state index contributed by atoms with van der Waals surface area (Å²) in [6, 6.07) is 11.6. The van der Waals surface area contributed by atoms with Crippen LogP contribution < -0.4 is 14.3 Å². The number of hydrogen-bond acceptors (Lipinski definition) is 6. The van der Waals surface area contributed by atoms with Crippen LogP contribution in [0, 0.1) is 0 Å². The fourth-order valence-electron chi connectivity index (χ4n) is 2.45. The van der Waals surface area contributed by atoms with Gasteiger partial charge in [0, 0.05) is 22.2 Å². The molecule has 0 aliphatic rings. The van der Waals surface area contributed by atoms with E-state index in [1.165, 1.54) is 38.8 Å². The second-order valence-electron chi connectivity index (χ2n) is 5.58. The van der Waals surface area contributed by atoms with Crippen molar-refractivity contribution in [3.05, 3.63) is 59.2 Å². The molecule has 2 aromatic carbocycles. The first kappa shape index (κ1) is 19.7. The Morgan fingerprint density at radius 1 is 1.14 bits per heavy atom. The number of benzene rings is 2. The Morgan fingerprint density at radius 3 is 2.57 bits per heavy atom. The van der Waals surface area contributed by atoms with E-state index >= 15 is 0 Å². The van der Waals surface area contributed by atoms with E-state index in [0.717, 1.165) is 5.56 Å². The van der Waals surface area contributed by atoms with Crippen molar-refractivity contribution in [1.82, 2.24) is 15.0 Å². The molecule has 3 aromatic rings. The van der Waals surface area contributed by atoms with Crippen LogP contribution in [0.15, 0.2) is 58.7 Å². The van der Waals surface area contributed by atoms with E-state index in [9.17, 15) is 8.42 Å². The summed E-state index contributed by atoms with van der Waals surface area (Å²) in [6.07, 6.45) is 2.89. The lowest BCUT2D eigenvalue weighted by Crippen LogP contribution is -2.19. The van der Waals surface area contributed by atoms with E-state index in [-0.39, 0.29) is 10.6 Å². The van der Waals surface area contributed by atoms with Crippen molar-refractivity contribution in [2.75, 3.05) is 14.2 Å². The number of H-pyrrole nitrogens is 1. The minimum absolute atomic E-state index is 0.0865. The predicted molar refractivity (Wildman–Crippen MR) is 106 cm³/mol. The molecule has 3 rings (SSSR count). The van der Waals surface area contributed by atoms with Gasteiger partial charge in [0.25, 0.3) is 10.0 Å². The average molecular weight is 421 g/mol. The van der Waals surface area contributed by atoms with Gasteiger partial charge in [0.1, 0.15) is 16.4 Å². The number of aromatic nitrogens is 2. The van der Waals surface area contributed by atoms with Gasteiger partial charge in [-0.2, -0.15) is 23.4 Å². The van der Waals surface area contributed by atoms with E-state index in [4.69, 9.17) is 21.1 Å². The number of hydrazone groups is 1. The second kappa shape index (κ2) is 8.32. The molecule has 0 atom stereocenters. The summed E-state index contributed by atoms with van der Waals surface area (Å²) in [5.41, 5.74) is 2.11. The van der Waals surface area contributed by atoms with Crippen LogP contribution in [0.1, 0.15) is 5.56 Å². The van der Waals surface area contributed by atoms with Gasteiger partial charge in [0.2, 0.25) is 0 Å². The molecule has 146 valence electrons. The highest BCUT2D eigenvalue weighted by atomic mass is 35.5. The van der Waals surface area contributed by atoms with Crippen molar-refractivity contribution in [3.63, 3.8) is 0 Å². The first-order chi connectivity index (χ1) is 13.4. The number of nitrogens with one attached hydrogen (secondary N) is 2. The summed E-state index contributed by atoms with van der Waals surface area (Å²) in [4.78, 5) is 2.08. The van der Waals surface area contributed by atoms with Crippen LogP contribution in [0.3, 0.4) is 0 Å². The molecule has 0 amide bonds.